The Bertz CT molecular complexity index is 646. The van der Waals surface area contributed by atoms with Crippen LogP contribution < -0.4 is 11.1 Å². The zero-order chi connectivity index (χ0) is 15.2. The zero-order valence-electron chi connectivity index (χ0n) is 11.7. The van der Waals surface area contributed by atoms with Crippen molar-refractivity contribution in [2.24, 2.45) is 0 Å². The van der Waals surface area contributed by atoms with Crippen molar-refractivity contribution in [3.8, 4) is 0 Å². The Morgan fingerprint density at radius 1 is 1.29 bits per heavy atom. The number of anilines is 1. The molecule has 0 unspecified atom stereocenters. The molecule has 0 saturated heterocycles. The Hall–Kier alpha value is -1.65. The number of carbonyl (C=O) groups is 1. The average Bonchev–Trinajstić information content (AvgIpc) is 2.45. The summed E-state index contributed by atoms with van der Waals surface area (Å²) in [7, 11) is 0. The fraction of sp³-hybridized carbons (Fsp3) is 0.188. The predicted octanol–water partition coefficient (Wildman–Crippen LogP) is 3.64. The number of carbonyl (C=O) groups excluding carboxylic acids is 1. The molecule has 2 rings (SSSR count). The number of hydrogen-bond donors (Lipinski definition) is 2. The quantitative estimate of drug-likeness (QED) is 0.653. The van der Waals surface area contributed by atoms with Crippen molar-refractivity contribution in [2.45, 2.75) is 18.4 Å². The second-order valence-corrected chi connectivity index (χ2v) is 6.12. The Kier molecular flexibility index (Phi) is 5.53. The minimum Gasteiger partial charge on any atom is -0.398 e. The number of nitrogens with two attached hydrogens (primary N) is 1. The summed E-state index contributed by atoms with van der Waals surface area (Å²) in [4.78, 5) is 12.8. The van der Waals surface area contributed by atoms with Gasteiger partial charge in [0.25, 0.3) is 0 Å². The molecule has 0 radical (unpaired) electrons. The highest BCUT2D eigenvalue weighted by Gasteiger charge is 2.06. The smallest absolute Gasteiger partial charge is 0.230 e. The predicted molar refractivity (Wildman–Crippen MR) is 89.6 cm³/mol. The lowest BCUT2D eigenvalue weighted by atomic mass is 10.2. The van der Waals surface area contributed by atoms with E-state index in [-0.39, 0.29) is 5.91 Å². The molecule has 3 nitrogen and oxygen atoms in total. The molecular formula is C16H17ClN2OS. The van der Waals surface area contributed by atoms with Crippen LogP contribution in [-0.4, -0.2) is 11.7 Å². The molecule has 2 aromatic carbocycles. The van der Waals surface area contributed by atoms with Crippen LogP contribution in [0.1, 0.15) is 11.1 Å². The first-order chi connectivity index (χ1) is 10.1. The highest BCUT2D eigenvalue weighted by atomic mass is 35.5. The Morgan fingerprint density at radius 3 is 2.76 bits per heavy atom. The molecule has 0 aliphatic heterocycles. The van der Waals surface area contributed by atoms with Gasteiger partial charge in [-0.1, -0.05) is 35.9 Å². The lowest BCUT2D eigenvalue weighted by Crippen LogP contribution is -2.24. The van der Waals surface area contributed by atoms with Crippen LogP contribution in [0, 0.1) is 6.92 Å². The molecule has 110 valence electrons. The topological polar surface area (TPSA) is 55.1 Å². The van der Waals surface area contributed by atoms with E-state index in [9.17, 15) is 4.79 Å². The van der Waals surface area contributed by atoms with E-state index < -0.39 is 0 Å². The number of benzene rings is 2. The number of rotatable bonds is 5. The van der Waals surface area contributed by atoms with Gasteiger partial charge in [0.2, 0.25) is 5.91 Å². The van der Waals surface area contributed by atoms with Crippen LogP contribution in [0.25, 0.3) is 0 Å². The molecule has 5 heteroatoms. The number of nitrogen functional groups attached to an aromatic ring is 1. The van der Waals surface area contributed by atoms with Crippen molar-refractivity contribution >= 4 is 35.0 Å². The second-order valence-electron chi connectivity index (χ2n) is 4.70. The van der Waals surface area contributed by atoms with E-state index in [1.807, 2.05) is 49.4 Å². The third kappa shape index (κ3) is 4.69. The van der Waals surface area contributed by atoms with Gasteiger partial charge in [-0.2, -0.15) is 0 Å². The fourth-order valence-corrected chi connectivity index (χ4v) is 2.81. The van der Waals surface area contributed by atoms with Crippen LogP contribution in [0.5, 0.6) is 0 Å². The van der Waals surface area contributed by atoms with Crippen LogP contribution in [0.3, 0.4) is 0 Å². The number of amides is 1. The summed E-state index contributed by atoms with van der Waals surface area (Å²) < 4.78 is 0. The summed E-state index contributed by atoms with van der Waals surface area (Å²) in [6.45, 7) is 2.42. The summed E-state index contributed by atoms with van der Waals surface area (Å²) >= 11 is 7.48. The van der Waals surface area contributed by atoms with E-state index in [2.05, 4.69) is 5.32 Å². The number of nitrogens with one attached hydrogen (secondary N) is 1. The third-order valence-electron chi connectivity index (χ3n) is 2.96. The summed E-state index contributed by atoms with van der Waals surface area (Å²) in [5, 5.41) is 3.52. The van der Waals surface area contributed by atoms with Gasteiger partial charge in [0, 0.05) is 22.2 Å². The molecule has 0 heterocycles. The molecule has 3 N–H and O–H groups in total. The third-order valence-corrected chi connectivity index (χ3v) is 4.42. The van der Waals surface area contributed by atoms with Crippen molar-refractivity contribution < 1.29 is 4.79 Å². The first-order valence-corrected chi connectivity index (χ1v) is 7.91. The molecular weight excluding hydrogens is 304 g/mol. The monoisotopic (exact) mass is 320 g/mol. The Morgan fingerprint density at radius 2 is 2.05 bits per heavy atom. The van der Waals surface area contributed by atoms with Crippen LogP contribution in [0.4, 0.5) is 5.69 Å². The molecule has 0 bridgehead atoms. The molecule has 0 fully saturated rings. The van der Waals surface area contributed by atoms with Crippen molar-refractivity contribution in [1.82, 2.24) is 5.32 Å². The van der Waals surface area contributed by atoms with Crippen LogP contribution in [0.15, 0.2) is 47.4 Å². The van der Waals surface area contributed by atoms with Gasteiger partial charge in [0.05, 0.1) is 5.75 Å². The SMILES string of the molecule is Cc1ccc(SCC(=O)NCc2ccccc2Cl)c(N)c1. The number of hydrogen-bond acceptors (Lipinski definition) is 3. The largest absolute Gasteiger partial charge is 0.398 e. The molecule has 0 atom stereocenters. The van der Waals surface area contributed by atoms with Crippen molar-refractivity contribution in [2.75, 3.05) is 11.5 Å². The second kappa shape index (κ2) is 7.38. The molecule has 0 spiro atoms. The van der Waals surface area contributed by atoms with Crippen molar-refractivity contribution in [3.05, 3.63) is 58.6 Å². The first-order valence-electron chi connectivity index (χ1n) is 6.55. The lowest BCUT2D eigenvalue weighted by Gasteiger charge is -2.08. The van der Waals surface area contributed by atoms with Gasteiger partial charge in [0.1, 0.15) is 0 Å². The van der Waals surface area contributed by atoms with Gasteiger partial charge in [-0.05, 0) is 36.2 Å². The molecule has 0 saturated carbocycles. The highest BCUT2D eigenvalue weighted by Crippen LogP contribution is 2.25. The van der Waals surface area contributed by atoms with Crippen LogP contribution >= 0.6 is 23.4 Å². The molecule has 1 amide bonds. The Balaban J connectivity index is 1.84. The zero-order valence-corrected chi connectivity index (χ0v) is 13.3. The van der Waals surface area contributed by atoms with Crippen molar-refractivity contribution in [3.63, 3.8) is 0 Å². The number of aryl methyl sites for hydroxylation is 1. The van der Waals surface area contributed by atoms with Gasteiger partial charge in [0.15, 0.2) is 0 Å². The lowest BCUT2D eigenvalue weighted by molar-refractivity contribution is -0.118. The molecule has 0 aliphatic carbocycles. The van der Waals surface area contributed by atoms with Crippen LogP contribution in [-0.2, 0) is 11.3 Å². The normalized spacial score (nSPS) is 10.4. The fourth-order valence-electron chi connectivity index (χ4n) is 1.83. The highest BCUT2D eigenvalue weighted by molar-refractivity contribution is 8.00. The molecule has 0 aliphatic rings. The Labute approximate surface area is 133 Å². The summed E-state index contributed by atoms with van der Waals surface area (Å²) in [6, 6.07) is 13.3. The maximum atomic E-state index is 11.9. The molecule has 21 heavy (non-hydrogen) atoms. The minimum atomic E-state index is -0.0418. The van der Waals surface area contributed by atoms with Crippen molar-refractivity contribution in [1.29, 1.82) is 0 Å². The van der Waals surface area contributed by atoms with Gasteiger partial charge in [-0.25, -0.2) is 0 Å². The van der Waals surface area contributed by atoms with Gasteiger partial charge in [-0.15, -0.1) is 11.8 Å². The van der Waals surface area contributed by atoms with E-state index in [1.165, 1.54) is 11.8 Å². The molecule has 0 aromatic heterocycles. The number of thioether (sulfide) groups is 1. The molecule has 2 aromatic rings. The van der Waals surface area contributed by atoms with E-state index in [4.69, 9.17) is 17.3 Å². The van der Waals surface area contributed by atoms with E-state index in [0.717, 1.165) is 16.0 Å². The minimum absolute atomic E-state index is 0.0418. The van der Waals surface area contributed by atoms with E-state index >= 15 is 0 Å². The summed E-state index contributed by atoms with van der Waals surface area (Å²) in [6.07, 6.45) is 0. The van der Waals surface area contributed by atoms with E-state index in [1.54, 1.807) is 0 Å². The van der Waals surface area contributed by atoms with Gasteiger partial charge < -0.3 is 11.1 Å². The van der Waals surface area contributed by atoms with Crippen LogP contribution in [0.2, 0.25) is 5.02 Å². The average molecular weight is 321 g/mol. The number of halogens is 1. The maximum Gasteiger partial charge on any atom is 0.230 e. The first kappa shape index (κ1) is 15.7. The van der Waals surface area contributed by atoms with E-state index in [0.29, 0.717) is 23.0 Å². The van der Waals surface area contributed by atoms with Gasteiger partial charge >= 0.3 is 0 Å². The maximum absolute atomic E-state index is 11.9. The summed E-state index contributed by atoms with van der Waals surface area (Å²) in [5.41, 5.74) is 8.65. The standard InChI is InChI=1S/C16H17ClN2OS/c1-11-6-7-15(14(18)8-11)21-10-16(20)19-9-12-4-2-3-5-13(12)17/h2-8H,9-10,18H2,1H3,(H,19,20). The van der Waals surface area contributed by atoms with Gasteiger partial charge in [-0.3, -0.25) is 4.79 Å². The summed E-state index contributed by atoms with van der Waals surface area (Å²) in [5.74, 6) is 0.289.